The van der Waals surface area contributed by atoms with Crippen molar-refractivity contribution in [1.82, 2.24) is 0 Å². The highest BCUT2D eigenvalue weighted by molar-refractivity contribution is 7.92. The average Bonchev–Trinajstić information content (AvgIpc) is 2.65. The standard InChI is InChI=1S/C20H16ClFN2O3S/c1-13-12-15(21)4-11-19(13)24-28(26,27)18-9-7-17(8-10-18)23-20(25)14-2-5-16(22)6-3-14/h2-12,24H,1H3,(H,23,25). The van der Waals surface area contributed by atoms with Crippen LogP contribution in [0.3, 0.4) is 0 Å². The molecule has 5 nitrogen and oxygen atoms in total. The molecule has 0 saturated carbocycles. The summed E-state index contributed by atoms with van der Waals surface area (Å²) >= 11 is 5.89. The van der Waals surface area contributed by atoms with Crippen LogP contribution in [0, 0.1) is 12.7 Å². The predicted molar refractivity (Wildman–Crippen MR) is 108 cm³/mol. The number of hydrogen-bond donors (Lipinski definition) is 2. The monoisotopic (exact) mass is 418 g/mol. The van der Waals surface area contributed by atoms with E-state index in [-0.39, 0.29) is 10.5 Å². The maximum Gasteiger partial charge on any atom is 0.261 e. The molecule has 3 rings (SSSR count). The Morgan fingerprint density at radius 3 is 2.21 bits per heavy atom. The number of rotatable bonds is 5. The second-order valence-electron chi connectivity index (χ2n) is 6.05. The summed E-state index contributed by atoms with van der Waals surface area (Å²) in [7, 11) is -3.80. The third-order valence-electron chi connectivity index (χ3n) is 3.96. The van der Waals surface area contributed by atoms with Crippen molar-refractivity contribution in [3.63, 3.8) is 0 Å². The van der Waals surface area contributed by atoms with Gasteiger partial charge in [0.15, 0.2) is 0 Å². The average molecular weight is 419 g/mol. The molecule has 144 valence electrons. The van der Waals surface area contributed by atoms with Gasteiger partial charge in [0.05, 0.1) is 10.6 Å². The molecule has 3 aromatic carbocycles. The molecule has 0 heterocycles. The Morgan fingerprint density at radius 2 is 1.61 bits per heavy atom. The van der Waals surface area contributed by atoms with Crippen molar-refractivity contribution >= 4 is 38.9 Å². The van der Waals surface area contributed by atoms with Gasteiger partial charge in [-0.25, -0.2) is 12.8 Å². The lowest BCUT2D eigenvalue weighted by Crippen LogP contribution is -2.14. The van der Waals surface area contributed by atoms with Crippen molar-refractivity contribution < 1.29 is 17.6 Å². The van der Waals surface area contributed by atoms with Crippen LogP contribution in [0.25, 0.3) is 0 Å². The summed E-state index contributed by atoms with van der Waals surface area (Å²) in [5, 5.41) is 3.15. The first-order valence-electron chi connectivity index (χ1n) is 8.20. The van der Waals surface area contributed by atoms with Gasteiger partial charge in [0.1, 0.15) is 5.82 Å². The number of amides is 1. The zero-order valence-electron chi connectivity index (χ0n) is 14.7. The highest BCUT2D eigenvalue weighted by Gasteiger charge is 2.16. The molecule has 2 N–H and O–H groups in total. The van der Waals surface area contributed by atoms with Gasteiger partial charge in [0, 0.05) is 16.3 Å². The number of sulfonamides is 1. The minimum atomic E-state index is -3.80. The molecule has 28 heavy (non-hydrogen) atoms. The van der Waals surface area contributed by atoms with Gasteiger partial charge in [-0.05, 0) is 79.2 Å². The van der Waals surface area contributed by atoms with Crippen molar-refractivity contribution in [3.05, 3.63) is 88.7 Å². The molecule has 0 atom stereocenters. The third kappa shape index (κ3) is 4.68. The molecule has 0 bridgehead atoms. The topological polar surface area (TPSA) is 75.3 Å². The van der Waals surface area contributed by atoms with Crippen molar-refractivity contribution in [2.45, 2.75) is 11.8 Å². The van der Waals surface area contributed by atoms with Crippen LogP contribution in [-0.4, -0.2) is 14.3 Å². The molecule has 0 radical (unpaired) electrons. The van der Waals surface area contributed by atoms with Crippen LogP contribution in [-0.2, 0) is 10.0 Å². The van der Waals surface area contributed by atoms with E-state index < -0.39 is 21.7 Å². The minimum Gasteiger partial charge on any atom is -0.322 e. The molecule has 3 aromatic rings. The van der Waals surface area contributed by atoms with E-state index in [1.807, 2.05) is 0 Å². The van der Waals surface area contributed by atoms with Gasteiger partial charge in [-0.15, -0.1) is 0 Å². The summed E-state index contributed by atoms with van der Waals surface area (Å²) in [4.78, 5) is 12.2. The first-order valence-corrected chi connectivity index (χ1v) is 10.1. The smallest absolute Gasteiger partial charge is 0.261 e. The molecule has 0 aromatic heterocycles. The van der Waals surface area contributed by atoms with Gasteiger partial charge < -0.3 is 5.32 Å². The normalized spacial score (nSPS) is 11.1. The zero-order chi connectivity index (χ0) is 20.3. The molecule has 0 fully saturated rings. The Morgan fingerprint density at radius 1 is 0.964 bits per heavy atom. The van der Waals surface area contributed by atoms with E-state index >= 15 is 0 Å². The van der Waals surface area contributed by atoms with Gasteiger partial charge in [-0.1, -0.05) is 11.6 Å². The van der Waals surface area contributed by atoms with Gasteiger partial charge in [-0.2, -0.15) is 0 Å². The van der Waals surface area contributed by atoms with E-state index in [2.05, 4.69) is 10.0 Å². The number of carbonyl (C=O) groups excluding carboxylic acids is 1. The molecular formula is C20H16ClFN2O3S. The van der Waals surface area contributed by atoms with Crippen molar-refractivity contribution in [2.75, 3.05) is 10.0 Å². The number of hydrogen-bond acceptors (Lipinski definition) is 3. The first kappa shape index (κ1) is 19.9. The molecule has 0 aliphatic heterocycles. The number of benzene rings is 3. The lowest BCUT2D eigenvalue weighted by atomic mass is 10.2. The largest absolute Gasteiger partial charge is 0.322 e. The van der Waals surface area contributed by atoms with Crippen LogP contribution >= 0.6 is 11.6 Å². The Hall–Kier alpha value is -2.90. The molecule has 0 spiro atoms. The van der Waals surface area contributed by atoms with E-state index in [4.69, 9.17) is 11.6 Å². The van der Waals surface area contributed by atoms with Crippen molar-refractivity contribution in [1.29, 1.82) is 0 Å². The van der Waals surface area contributed by atoms with Crippen molar-refractivity contribution in [2.24, 2.45) is 0 Å². The van der Waals surface area contributed by atoms with E-state index in [9.17, 15) is 17.6 Å². The summed E-state index contributed by atoms with van der Waals surface area (Å²) in [6.45, 7) is 1.75. The summed E-state index contributed by atoms with van der Waals surface area (Å²) in [6.07, 6.45) is 0. The molecule has 0 saturated heterocycles. The van der Waals surface area contributed by atoms with E-state index in [1.165, 1.54) is 48.5 Å². The molecule has 1 amide bonds. The van der Waals surface area contributed by atoms with Gasteiger partial charge in [0.25, 0.3) is 15.9 Å². The van der Waals surface area contributed by atoms with E-state index in [1.54, 1.807) is 25.1 Å². The number of anilines is 2. The first-order chi connectivity index (χ1) is 13.2. The van der Waals surface area contributed by atoms with E-state index in [0.717, 1.165) is 0 Å². The SMILES string of the molecule is Cc1cc(Cl)ccc1NS(=O)(=O)c1ccc(NC(=O)c2ccc(F)cc2)cc1. The van der Waals surface area contributed by atoms with Gasteiger partial charge in [-0.3, -0.25) is 9.52 Å². The number of aryl methyl sites for hydroxylation is 1. The van der Waals surface area contributed by atoms with Crippen LogP contribution in [0.2, 0.25) is 5.02 Å². The summed E-state index contributed by atoms with van der Waals surface area (Å²) < 4.78 is 40.6. The highest BCUT2D eigenvalue weighted by atomic mass is 35.5. The van der Waals surface area contributed by atoms with Crippen LogP contribution in [0.15, 0.2) is 71.6 Å². The lowest BCUT2D eigenvalue weighted by molar-refractivity contribution is 0.102. The van der Waals surface area contributed by atoms with Gasteiger partial charge in [0.2, 0.25) is 0 Å². The number of nitrogens with one attached hydrogen (secondary N) is 2. The number of halogens is 2. The summed E-state index contributed by atoms with van der Waals surface area (Å²) in [5.74, 6) is -0.861. The van der Waals surface area contributed by atoms with Crippen LogP contribution < -0.4 is 10.0 Å². The summed E-state index contributed by atoms with van der Waals surface area (Å²) in [5.41, 5.74) is 1.83. The Balaban J connectivity index is 1.74. The molecule has 0 aliphatic rings. The molecule has 8 heteroatoms. The lowest BCUT2D eigenvalue weighted by Gasteiger charge is -2.11. The maximum absolute atomic E-state index is 12.9. The zero-order valence-corrected chi connectivity index (χ0v) is 16.3. The fourth-order valence-corrected chi connectivity index (χ4v) is 3.82. The Bertz CT molecular complexity index is 1120. The molecule has 0 unspecified atom stereocenters. The fraction of sp³-hybridized carbons (Fsp3) is 0.0500. The van der Waals surface area contributed by atoms with Crippen LogP contribution in [0.5, 0.6) is 0 Å². The maximum atomic E-state index is 12.9. The minimum absolute atomic E-state index is 0.0432. The van der Waals surface area contributed by atoms with Crippen LogP contribution in [0.1, 0.15) is 15.9 Å². The second-order valence-corrected chi connectivity index (χ2v) is 8.17. The Kier molecular flexibility index (Phi) is 5.67. The van der Waals surface area contributed by atoms with E-state index in [0.29, 0.717) is 22.0 Å². The fourth-order valence-electron chi connectivity index (χ4n) is 2.47. The Labute approximate surface area is 167 Å². The summed E-state index contributed by atoms with van der Waals surface area (Å²) in [6, 6.07) is 15.7. The van der Waals surface area contributed by atoms with Crippen LogP contribution in [0.4, 0.5) is 15.8 Å². The predicted octanol–water partition coefficient (Wildman–Crippen LogP) is 4.84. The van der Waals surface area contributed by atoms with Gasteiger partial charge >= 0.3 is 0 Å². The highest BCUT2D eigenvalue weighted by Crippen LogP contribution is 2.23. The molecular weight excluding hydrogens is 403 g/mol. The quantitative estimate of drug-likeness (QED) is 0.622. The molecule has 0 aliphatic carbocycles. The number of carbonyl (C=O) groups is 1. The van der Waals surface area contributed by atoms with Crippen molar-refractivity contribution in [3.8, 4) is 0 Å². The third-order valence-corrected chi connectivity index (χ3v) is 5.58. The second kappa shape index (κ2) is 8.00.